The van der Waals surface area contributed by atoms with E-state index in [1.807, 2.05) is 13.8 Å². The summed E-state index contributed by atoms with van der Waals surface area (Å²) in [7, 11) is 0. The van der Waals surface area contributed by atoms with Gasteiger partial charge in [0.15, 0.2) is 0 Å². The van der Waals surface area contributed by atoms with E-state index in [0.29, 0.717) is 22.9 Å². The molecule has 0 aliphatic carbocycles. The number of rotatable bonds is 4. The Hall–Kier alpha value is -0.320. The second-order valence-electron chi connectivity index (χ2n) is 4.12. The van der Waals surface area contributed by atoms with Crippen molar-refractivity contribution in [2.45, 2.75) is 25.1 Å². The monoisotopic (exact) mass is 339 g/mol. The van der Waals surface area contributed by atoms with Crippen LogP contribution in [-0.2, 0) is 6.42 Å². The van der Waals surface area contributed by atoms with Crippen LogP contribution in [-0.4, -0.2) is 9.75 Å². The van der Waals surface area contributed by atoms with Crippen LogP contribution in [0.5, 0.6) is 0 Å². The lowest BCUT2D eigenvalue weighted by atomic mass is 10.0. The van der Waals surface area contributed by atoms with Crippen LogP contribution in [0.3, 0.4) is 0 Å². The second-order valence-corrected chi connectivity index (χ2v) is 6.11. The highest BCUT2D eigenvalue weighted by atomic mass is 79.9. The summed E-state index contributed by atoms with van der Waals surface area (Å²) < 4.78 is 0. The van der Waals surface area contributed by atoms with Crippen molar-refractivity contribution in [3.63, 3.8) is 0 Å². The molecule has 3 nitrogen and oxygen atoms in total. The van der Waals surface area contributed by atoms with Gasteiger partial charge in [0.1, 0.15) is 0 Å². The Morgan fingerprint density at radius 1 is 1.35 bits per heavy atom. The predicted octanol–water partition coefficient (Wildman–Crippen LogP) is 4.86. The predicted molar refractivity (Wildman–Crippen MR) is 74.4 cm³/mol. The van der Waals surface area contributed by atoms with Gasteiger partial charge in [-0.3, -0.25) is 10.1 Å². The molecule has 6 heteroatoms. The molecular weight excluding hydrogens is 329 g/mol. The van der Waals surface area contributed by atoms with Gasteiger partial charge in [-0.1, -0.05) is 53.0 Å². The lowest BCUT2D eigenvalue weighted by Crippen LogP contribution is -2.11. The Morgan fingerprint density at radius 2 is 1.88 bits per heavy atom. The third kappa shape index (κ3) is 3.83. The topological polar surface area (TPSA) is 43.1 Å². The molecule has 0 saturated carbocycles. The average Bonchev–Trinajstić information content (AvgIpc) is 2.22. The minimum absolute atomic E-state index is 0.0181. The Labute approximate surface area is 118 Å². The average molecular weight is 341 g/mol. The first-order valence-corrected chi connectivity index (χ1v) is 6.76. The summed E-state index contributed by atoms with van der Waals surface area (Å²) in [5.41, 5.74) is 0.615. The van der Waals surface area contributed by atoms with Gasteiger partial charge in [0, 0.05) is 16.5 Å². The number of nitrogens with zero attached hydrogens (tertiary/aromatic N) is 1. The zero-order valence-corrected chi connectivity index (χ0v) is 12.5. The first kappa shape index (κ1) is 14.7. The summed E-state index contributed by atoms with van der Waals surface area (Å²) in [6.45, 7) is 4.09. The fourth-order valence-electron chi connectivity index (χ4n) is 1.36. The van der Waals surface area contributed by atoms with E-state index in [1.54, 1.807) is 6.07 Å². The molecule has 0 fully saturated rings. The van der Waals surface area contributed by atoms with E-state index in [0.717, 1.165) is 0 Å². The fraction of sp³-hybridized carbons (Fsp3) is 0.455. The maximum Gasteiger partial charge on any atom is 0.274 e. The molecule has 1 aromatic carbocycles. The lowest BCUT2D eigenvalue weighted by Gasteiger charge is -2.14. The molecule has 0 saturated heterocycles. The van der Waals surface area contributed by atoms with E-state index in [-0.39, 0.29) is 15.5 Å². The Balaban J connectivity index is 3.13. The summed E-state index contributed by atoms with van der Waals surface area (Å²) in [5.74, 6) is 0.379. The number of alkyl halides is 1. The maximum atomic E-state index is 10.9. The van der Waals surface area contributed by atoms with Crippen LogP contribution >= 0.6 is 39.1 Å². The first-order chi connectivity index (χ1) is 7.82. The molecule has 1 atom stereocenters. The van der Waals surface area contributed by atoms with Crippen molar-refractivity contribution in [2.75, 3.05) is 0 Å². The summed E-state index contributed by atoms with van der Waals surface area (Å²) >= 11 is 15.2. The highest BCUT2D eigenvalue weighted by molar-refractivity contribution is 9.09. The van der Waals surface area contributed by atoms with Gasteiger partial charge in [-0.25, -0.2) is 0 Å². The first-order valence-electron chi connectivity index (χ1n) is 5.09. The molecule has 0 aliphatic rings. The Morgan fingerprint density at radius 3 is 2.35 bits per heavy atom. The van der Waals surface area contributed by atoms with Crippen LogP contribution in [0.15, 0.2) is 12.1 Å². The number of hydrogen-bond donors (Lipinski definition) is 0. The number of hydrogen-bond acceptors (Lipinski definition) is 2. The molecule has 0 amide bonds. The van der Waals surface area contributed by atoms with Crippen molar-refractivity contribution in [1.29, 1.82) is 0 Å². The van der Waals surface area contributed by atoms with E-state index >= 15 is 0 Å². The normalized spacial score (nSPS) is 12.8. The summed E-state index contributed by atoms with van der Waals surface area (Å²) in [4.78, 5) is 10.7. The quantitative estimate of drug-likeness (QED) is 0.446. The zero-order chi connectivity index (χ0) is 13.2. The number of nitro benzene ring substituents is 1. The Kier molecular flexibility index (Phi) is 5.22. The molecular formula is C11H12BrCl2NO2. The molecule has 1 rings (SSSR count). The molecule has 0 bridgehead atoms. The van der Waals surface area contributed by atoms with Crippen LogP contribution in [0, 0.1) is 16.0 Å². The van der Waals surface area contributed by atoms with Crippen molar-refractivity contribution >= 4 is 44.8 Å². The van der Waals surface area contributed by atoms with E-state index < -0.39 is 4.92 Å². The Bertz CT molecular complexity index is 438. The molecule has 0 aliphatic heterocycles. The van der Waals surface area contributed by atoms with Crippen LogP contribution in [0.2, 0.25) is 10.0 Å². The summed E-state index contributed by atoms with van der Waals surface area (Å²) in [6, 6.07) is 2.87. The van der Waals surface area contributed by atoms with Crippen LogP contribution in [0.4, 0.5) is 5.69 Å². The van der Waals surface area contributed by atoms with Gasteiger partial charge in [0.2, 0.25) is 0 Å². The van der Waals surface area contributed by atoms with Crippen LogP contribution in [0.25, 0.3) is 0 Å². The molecule has 1 aromatic rings. The van der Waals surface area contributed by atoms with Crippen molar-refractivity contribution in [1.82, 2.24) is 0 Å². The molecule has 0 spiro atoms. The SMILES string of the molecule is CC(C)C(Br)Cc1cc(Cl)c(Cl)cc1[N+](=O)[O-]. The molecule has 17 heavy (non-hydrogen) atoms. The molecule has 0 aromatic heterocycles. The molecule has 1 unspecified atom stereocenters. The fourth-order valence-corrected chi connectivity index (χ4v) is 2.05. The third-order valence-corrected chi connectivity index (χ3v) is 4.56. The van der Waals surface area contributed by atoms with Crippen molar-refractivity contribution in [3.8, 4) is 0 Å². The van der Waals surface area contributed by atoms with Gasteiger partial charge in [-0.15, -0.1) is 0 Å². The van der Waals surface area contributed by atoms with Gasteiger partial charge in [-0.05, 0) is 18.4 Å². The molecule has 0 heterocycles. The van der Waals surface area contributed by atoms with E-state index in [9.17, 15) is 10.1 Å². The number of benzene rings is 1. The van der Waals surface area contributed by atoms with Gasteiger partial charge >= 0.3 is 0 Å². The van der Waals surface area contributed by atoms with Crippen molar-refractivity contribution < 1.29 is 4.92 Å². The molecule has 0 radical (unpaired) electrons. The minimum atomic E-state index is -0.433. The summed E-state index contributed by atoms with van der Waals surface area (Å²) in [5, 5.41) is 11.5. The van der Waals surface area contributed by atoms with E-state index in [1.165, 1.54) is 6.07 Å². The van der Waals surface area contributed by atoms with Gasteiger partial charge in [0.25, 0.3) is 5.69 Å². The standard InChI is InChI=1S/C11H12BrCl2NO2/c1-6(2)8(12)3-7-4-9(13)10(14)5-11(7)15(16)17/h4-6,8H,3H2,1-2H3. The van der Waals surface area contributed by atoms with Crippen LogP contribution in [0.1, 0.15) is 19.4 Å². The van der Waals surface area contributed by atoms with Crippen molar-refractivity contribution in [2.24, 2.45) is 5.92 Å². The lowest BCUT2D eigenvalue weighted by molar-refractivity contribution is -0.385. The van der Waals surface area contributed by atoms with E-state index in [4.69, 9.17) is 23.2 Å². The van der Waals surface area contributed by atoms with Crippen LogP contribution < -0.4 is 0 Å². The smallest absolute Gasteiger partial charge is 0.258 e. The summed E-state index contributed by atoms with van der Waals surface area (Å²) in [6.07, 6.45) is 0.546. The molecule has 0 N–H and O–H groups in total. The van der Waals surface area contributed by atoms with E-state index in [2.05, 4.69) is 15.9 Å². The third-order valence-electron chi connectivity index (χ3n) is 2.46. The van der Waals surface area contributed by atoms with Gasteiger partial charge in [0.05, 0.1) is 15.0 Å². The van der Waals surface area contributed by atoms with Gasteiger partial charge < -0.3 is 0 Å². The largest absolute Gasteiger partial charge is 0.274 e. The minimum Gasteiger partial charge on any atom is -0.258 e. The number of nitro groups is 1. The highest BCUT2D eigenvalue weighted by Gasteiger charge is 2.20. The zero-order valence-electron chi connectivity index (χ0n) is 9.41. The maximum absolute atomic E-state index is 10.9. The van der Waals surface area contributed by atoms with Crippen molar-refractivity contribution in [3.05, 3.63) is 37.9 Å². The van der Waals surface area contributed by atoms with Gasteiger partial charge in [-0.2, -0.15) is 0 Å². The molecule has 94 valence electrons. The second kappa shape index (κ2) is 6.03. The number of halogens is 3. The highest BCUT2D eigenvalue weighted by Crippen LogP contribution is 2.32.